The standard InChI is InChI=1S/C11H14N2O2S/c12-8-6-3-4-15-10(6)9(8)13-11(14)7-2-1-5-16-7/h1-2,5-6,8-10H,3-4,12H2,(H,13,14). The molecule has 1 aliphatic heterocycles. The highest BCUT2D eigenvalue weighted by Gasteiger charge is 2.52. The summed E-state index contributed by atoms with van der Waals surface area (Å²) in [4.78, 5) is 12.6. The molecule has 0 spiro atoms. The van der Waals surface area contributed by atoms with E-state index in [2.05, 4.69) is 5.32 Å². The average Bonchev–Trinajstić information content (AvgIpc) is 2.94. The Morgan fingerprint density at radius 3 is 3.25 bits per heavy atom. The van der Waals surface area contributed by atoms with Crippen molar-refractivity contribution < 1.29 is 9.53 Å². The van der Waals surface area contributed by atoms with Gasteiger partial charge in [-0.15, -0.1) is 11.3 Å². The van der Waals surface area contributed by atoms with Gasteiger partial charge in [0.25, 0.3) is 5.91 Å². The first-order valence-corrected chi connectivity index (χ1v) is 6.37. The van der Waals surface area contributed by atoms with Gasteiger partial charge in [-0.3, -0.25) is 4.79 Å². The maximum absolute atomic E-state index is 11.8. The predicted octanol–water partition coefficient (Wildman–Crippen LogP) is 0.593. The molecule has 86 valence electrons. The van der Waals surface area contributed by atoms with Crippen molar-refractivity contribution in [3.05, 3.63) is 22.4 Å². The fraction of sp³-hybridized carbons (Fsp3) is 0.545. The Labute approximate surface area is 97.8 Å². The van der Waals surface area contributed by atoms with E-state index in [4.69, 9.17) is 10.5 Å². The number of amides is 1. The van der Waals surface area contributed by atoms with Crippen LogP contribution in [0.15, 0.2) is 17.5 Å². The Bertz CT molecular complexity index is 393. The largest absolute Gasteiger partial charge is 0.376 e. The van der Waals surface area contributed by atoms with Gasteiger partial charge in [0.2, 0.25) is 0 Å². The lowest BCUT2D eigenvalue weighted by molar-refractivity contribution is -0.0160. The summed E-state index contributed by atoms with van der Waals surface area (Å²) in [7, 11) is 0. The number of nitrogens with one attached hydrogen (secondary N) is 1. The molecular weight excluding hydrogens is 224 g/mol. The summed E-state index contributed by atoms with van der Waals surface area (Å²) < 4.78 is 5.56. The van der Waals surface area contributed by atoms with E-state index in [1.54, 1.807) is 0 Å². The Morgan fingerprint density at radius 1 is 1.62 bits per heavy atom. The van der Waals surface area contributed by atoms with E-state index in [1.165, 1.54) is 11.3 Å². The minimum absolute atomic E-state index is 0.0119. The van der Waals surface area contributed by atoms with Gasteiger partial charge >= 0.3 is 0 Å². The van der Waals surface area contributed by atoms with Crippen LogP contribution in [0.2, 0.25) is 0 Å². The molecule has 1 aromatic heterocycles. The molecule has 2 aliphatic rings. The lowest BCUT2D eigenvalue weighted by Gasteiger charge is -2.45. The van der Waals surface area contributed by atoms with Crippen molar-refractivity contribution in [1.82, 2.24) is 5.32 Å². The minimum atomic E-state index is -0.0376. The van der Waals surface area contributed by atoms with E-state index in [0.717, 1.165) is 17.9 Å². The first-order chi connectivity index (χ1) is 7.77. The molecule has 2 heterocycles. The van der Waals surface area contributed by atoms with E-state index in [0.29, 0.717) is 5.92 Å². The van der Waals surface area contributed by atoms with Crippen LogP contribution in [0.5, 0.6) is 0 Å². The number of carbonyl (C=O) groups is 1. The van der Waals surface area contributed by atoms with Crippen molar-refractivity contribution in [3.63, 3.8) is 0 Å². The quantitative estimate of drug-likeness (QED) is 0.792. The van der Waals surface area contributed by atoms with Crippen molar-refractivity contribution in [2.75, 3.05) is 6.61 Å². The molecule has 1 saturated heterocycles. The second-order valence-electron chi connectivity index (χ2n) is 4.34. The molecule has 4 unspecified atom stereocenters. The molecule has 3 rings (SSSR count). The molecule has 5 heteroatoms. The summed E-state index contributed by atoms with van der Waals surface area (Å²) in [6.07, 6.45) is 1.16. The average molecular weight is 238 g/mol. The van der Waals surface area contributed by atoms with Crippen molar-refractivity contribution in [2.45, 2.75) is 24.6 Å². The molecule has 1 amide bonds. The minimum Gasteiger partial charge on any atom is -0.376 e. The number of carbonyl (C=O) groups excluding carboxylic acids is 1. The molecule has 1 saturated carbocycles. The third-order valence-electron chi connectivity index (χ3n) is 3.49. The highest BCUT2D eigenvalue weighted by atomic mass is 32.1. The third kappa shape index (κ3) is 1.47. The van der Waals surface area contributed by atoms with Gasteiger partial charge in [0.15, 0.2) is 0 Å². The number of hydrogen-bond donors (Lipinski definition) is 2. The fourth-order valence-electron chi connectivity index (χ4n) is 2.56. The Morgan fingerprint density at radius 2 is 2.50 bits per heavy atom. The zero-order chi connectivity index (χ0) is 11.1. The van der Waals surface area contributed by atoms with Gasteiger partial charge in [-0.25, -0.2) is 0 Å². The molecular formula is C11H14N2O2S. The van der Waals surface area contributed by atoms with E-state index in [-0.39, 0.29) is 24.1 Å². The van der Waals surface area contributed by atoms with Crippen LogP contribution in [0.1, 0.15) is 16.1 Å². The monoisotopic (exact) mass is 238 g/mol. The Balaban J connectivity index is 1.65. The summed E-state index contributed by atoms with van der Waals surface area (Å²) in [5.74, 6) is 0.401. The van der Waals surface area contributed by atoms with Crippen LogP contribution in [0.4, 0.5) is 0 Å². The number of hydrogen-bond acceptors (Lipinski definition) is 4. The van der Waals surface area contributed by atoms with Gasteiger partial charge in [-0.2, -0.15) is 0 Å². The van der Waals surface area contributed by atoms with Gasteiger partial charge in [0, 0.05) is 18.6 Å². The lowest BCUT2D eigenvalue weighted by Crippen LogP contribution is -2.68. The SMILES string of the molecule is NC1C2CCOC2C1NC(=O)c1cccs1. The molecule has 4 atom stereocenters. The van der Waals surface area contributed by atoms with Crippen LogP contribution in [0.3, 0.4) is 0 Å². The molecule has 1 aliphatic carbocycles. The van der Waals surface area contributed by atoms with E-state index >= 15 is 0 Å². The van der Waals surface area contributed by atoms with Crippen LogP contribution in [0.25, 0.3) is 0 Å². The lowest BCUT2D eigenvalue weighted by atomic mass is 9.72. The Hall–Kier alpha value is -0.910. The van der Waals surface area contributed by atoms with Gasteiger partial charge in [0.1, 0.15) is 0 Å². The smallest absolute Gasteiger partial charge is 0.261 e. The maximum Gasteiger partial charge on any atom is 0.261 e. The van der Waals surface area contributed by atoms with Crippen molar-refractivity contribution in [2.24, 2.45) is 11.7 Å². The summed E-state index contributed by atoms with van der Waals surface area (Å²) in [5.41, 5.74) is 6.02. The molecule has 16 heavy (non-hydrogen) atoms. The topological polar surface area (TPSA) is 64.3 Å². The van der Waals surface area contributed by atoms with Crippen LogP contribution in [0, 0.1) is 5.92 Å². The van der Waals surface area contributed by atoms with E-state index in [1.807, 2.05) is 17.5 Å². The second kappa shape index (κ2) is 3.84. The third-order valence-corrected chi connectivity index (χ3v) is 4.36. The van der Waals surface area contributed by atoms with Crippen LogP contribution < -0.4 is 11.1 Å². The number of fused-ring (bicyclic) bond motifs is 1. The highest BCUT2D eigenvalue weighted by molar-refractivity contribution is 7.12. The molecule has 0 bridgehead atoms. The fourth-order valence-corrected chi connectivity index (χ4v) is 3.18. The second-order valence-corrected chi connectivity index (χ2v) is 5.29. The molecule has 3 N–H and O–H groups in total. The number of ether oxygens (including phenoxy) is 1. The molecule has 0 radical (unpaired) electrons. The van der Waals surface area contributed by atoms with Crippen molar-refractivity contribution >= 4 is 17.2 Å². The van der Waals surface area contributed by atoms with Gasteiger partial charge in [-0.1, -0.05) is 6.07 Å². The molecule has 0 aromatic carbocycles. The number of nitrogens with two attached hydrogens (primary N) is 1. The summed E-state index contributed by atoms with van der Waals surface area (Å²) in [6.45, 7) is 0.772. The summed E-state index contributed by atoms with van der Waals surface area (Å²) in [6, 6.07) is 3.73. The van der Waals surface area contributed by atoms with Crippen LogP contribution in [-0.2, 0) is 4.74 Å². The zero-order valence-electron chi connectivity index (χ0n) is 8.76. The van der Waals surface area contributed by atoms with Crippen LogP contribution in [-0.4, -0.2) is 30.7 Å². The summed E-state index contributed by atoms with van der Waals surface area (Å²) in [5, 5.41) is 4.85. The highest BCUT2D eigenvalue weighted by Crippen LogP contribution is 2.37. The normalized spacial score (nSPS) is 36.6. The number of rotatable bonds is 2. The maximum atomic E-state index is 11.8. The van der Waals surface area contributed by atoms with E-state index < -0.39 is 0 Å². The van der Waals surface area contributed by atoms with Gasteiger partial charge in [-0.05, 0) is 17.9 Å². The Kier molecular flexibility index (Phi) is 2.46. The molecule has 4 nitrogen and oxygen atoms in total. The first kappa shape index (κ1) is 10.3. The molecule has 1 aromatic rings. The van der Waals surface area contributed by atoms with Gasteiger partial charge in [0.05, 0.1) is 17.0 Å². The van der Waals surface area contributed by atoms with E-state index in [9.17, 15) is 4.79 Å². The number of thiophene rings is 1. The van der Waals surface area contributed by atoms with Crippen LogP contribution >= 0.6 is 11.3 Å². The molecule has 2 fully saturated rings. The van der Waals surface area contributed by atoms with Crippen molar-refractivity contribution in [1.29, 1.82) is 0 Å². The van der Waals surface area contributed by atoms with Crippen molar-refractivity contribution in [3.8, 4) is 0 Å². The van der Waals surface area contributed by atoms with Gasteiger partial charge < -0.3 is 15.8 Å². The first-order valence-electron chi connectivity index (χ1n) is 5.49. The summed E-state index contributed by atoms with van der Waals surface area (Å²) >= 11 is 1.44. The predicted molar refractivity (Wildman–Crippen MR) is 61.4 cm³/mol. The zero-order valence-corrected chi connectivity index (χ0v) is 9.57.